The summed E-state index contributed by atoms with van der Waals surface area (Å²) in [5, 5.41) is 12.5. The molecule has 2 aromatic rings. The van der Waals surface area contributed by atoms with Gasteiger partial charge in [0, 0.05) is 25.3 Å². The van der Waals surface area contributed by atoms with Crippen LogP contribution in [0.3, 0.4) is 0 Å². The van der Waals surface area contributed by atoms with Crippen molar-refractivity contribution in [2.75, 3.05) is 24.5 Å². The summed E-state index contributed by atoms with van der Waals surface area (Å²) in [6.07, 6.45) is 0. The fourth-order valence-electron chi connectivity index (χ4n) is 3.01. The van der Waals surface area contributed by atoms with Crippen molar-refractivity contribution in [1.29, 1.82) is 5.26 Å². The van der Waals surface area contributed by atoms with Crippen molar-refractivity contribution < 1.29 is 0 Å². The van der Waals surface area contributed by atoms with E-state index in [2.05, 4.69) is 59.6 Å². The van der Waals surface area contributed by atoms with Crippen molar-refractivity contribution in [3.05, 3.63) is 65.2 Å². The lowest BCUT2D eigenvalue weighted by Crippen LogP contribution is -2.46. The number of rotatable bonds is 2. The van der Waals surface area contributed by atoms with Crippen molar-refractivity contribution in [1.82, 2.24) is 5.32 Å². The smallest absolute Gasteiger partial charge is 0.0991 e. The Morgan fingerprint density at radius 3 is 2.71 bits per heavy atom. The van der Waals surface area contributed by atoms with E-state index in [-0.39, 0.29) is 0 Å². The maximum atomic E-state index is 9.02. The highest BCUT2D eigenvalue weighted by atomic mass is 15.2. The van der Waals surface area contributed by atoms with E-state index in [9.17, 15) is 0 Å². The zero-order valence-corrected chi connectivity index (χ0v) is 12.2. The van der Waals surface area contributed by atoms with Crippen LogP contribution >= 0.6 is 0 Å². The minimum atomic E-state index is 0.339. The number of nitrogens with zero attached hydrogens (tertiary/aromatic N) is 2. The first-order chi connectivity index (χ1) is 10.3. The Bertz CT molecular complexity index is 658. The molecule has 2 aromatic carbocycles. The molecule has 1 atom stereocenters. The molecule has 1 aliphatic rings. The molecular weight excluding hydrogens is 258 g/mol. The van der Waals surface area contributed by atoms with Gasteiger partial charge in [-0.3, -0.25) is 0 Å². The Morgan fingerprint density at radius 2 is 2.00 bits per heavy atom. The normalized spacial score (nSPS) is 18.3. The van der Waals surface area contributed by atoms with Crippen molar-refractivity contribution in [2.24, 2.45) is 0 Å². The van der Waals surface area contributed by atoms with Gasteiger partial charge in [0.2, 0.25) is 0 Å². The van der Waals surface area contributed by atoms with Crippen LogP contribution in [0.5, 0.6) is 0 Å². The highest BCUT2D eigenvalue weighted by Gasteiger charge is 2.24. The topological polar surface area (TPSA) is 39.1 Å². The zero-order chi connectivity index (χ0) is 14.7. The summed E-state index contributed by atoms with van der Waals surface area (Å²) in [6.45, 7) is 5.00. The molecule has 3 rings (SSSR count). The number of hydrogen-bond acceptors (Lipinski definition) is 3. The van der Waals surface area contributed by atoms with Crippen molar-refractivity contribution in [2.45, 2.75) is 13.0 Å². The number of piperazine rings is 1. The van der Waals surface area contributed by atoms with Crippen LogP contribution in [-0.4, -0.2) is 19.6 Å². The quantitative estimate of drug-likeness (QED) is 0.917. The second-order valence-corrected chi connectivity index (χ2v) is 5.44. The SMILES string of the molecule is Cc1cc(C#N)ccc1N1CCNC[C@H]1c1ccccc1. The summed E-state index contributed by atoms with van der Waals surface area (Å²) in [7, 11) is 0. The number of nitrogens with one attached hydrogen (secondary N) is 1. The summed E-state index contributed by atoms with van der Waals surface area (Å²) >= 11 is 0. The number of anilines is 1. The van der Waals surface area contributed by atoms with Gasteiger partial charge in [-0.25, -0.2) is 0 Å². The van der Waals surface area contributed by atoms with Gasteiger partial charge in [0.1, 0.15) is 0 Å². The summed E-state index contributed by atoms with van der Waals surface area (Å²) in [4.78, 5) is 2.45. The Hall–Kier alpha value is -2.31. The minimum absolute atomic E-state index is 0.339. The summed E-state index contributed by atoms with van der Waals surface area (Å²) < 4.78 is 0. The molecule has 0 bridgehead atoms. The van der Waals surface area contributed by atoms with Gasteiger partial charge >= 0.3 is 0 Å². The van der Waals surface area contributed by atoms with Gasteiger partial charge < -0.3 is 10.2 Å². The number of aryl methyl sites for hydroxylation is 1. The van der Waals surface area contributed by atoms with E-state index in [1.165, 1.54) is 11.3 Å². The van der Waals surface area contributed by atoms with E-state index < -0.39 is 0 Å². The molecule has 1 saturated heterocycles. The van der Waals surface area contributed by atoms with Gasteiger partial charge in [-0.2, -0.15) is 5.26 Å². The van der Waals surface area contributed by atoms with Gasteiger partial charge in [0.25, 0.3) is 0 Å². The average molecular weight is 277 g/mol. The first-order valence-corrected chi connectivity index (χ1v) is 7.32. The lowest BCUT2D eigenvalue weighted by molar-refractivity contribution is 0.489. The van der Waals surface area contributed by atoms with Crippen LogP contribution in [0.1, 0.15) is 22.7 Å². The molecule has 1 N–H and O–H groups in total. The lowest BCUT2D eigenvalue weighted by atomic mass is 10.0. The van der Waals surface area contributed by atoms with Gasteiger partial charge in [-0.05, 0) is 36.2 Å². The zero-order valence-electron chi connectivity index (χ0n) is 12.2. The first kappa shape index (κ1) is 13.7. The molecule has 0 saturated carbocycles. The molecule has 1 fully saturated rings. The third kappa shape index (κ3) is 2.76. The summed E-state index contributed by atoms with van der Waals surface area (Å²) in [5.41, 5.74) is 4.44. The van der Waals surface area contributed by atoms with Crippen molar-refractivity contribution in [3.63, 3.8) is 0 Å². The van der Waals surface area contributed by atoms with E-state index in [0.29, 0.717) is 6.04 Å². The highest BCUT2D eigenvalue weighted by Crippen LogP contribution is 2.31. The van der Waals surface area contributed by atoms with E-state index >= 15 is 0 Å². The molecule has 3 heteroatoms. The lowest BCUT2D eigenvalue weighted by Gasteiger charge is -2.39. The summed E-state index contributed by atoms with van der Waals surface area (Å²) in [5.74, 6) is 0. The number of nitriles is 1. The largest absolute Gasteiger partial charge is 0.362 e. The Kier molecular flexibility index (Phi) is 3.89. The average Bonchev–Trinajstić information content (AvgIpc) is 2.55. The van der Waals surface area contributed by atoms with Gasteiger partial charge in [-0.15, -0.1) is 0 Å². The molecule has 21 heavy (non-hydrogen) atoms. The maximum Gasteiger partial charge on any atom is 0.0991 e. The molecule has 1 heterocycles. The van der Waals surface area contributed by atoms with Crippen LogP contribution < -0.4 is 10.2 Å². The third-order valence-electron chi connectivity index (χ3n) is 4.06. The Morgan fingerprint density at radius 1 is 1.19 bits per heavy atom. The van der Waals surface area contributed by atoms with E-state index in [4.69, 9.17) is 5.26 Å². The van der Waals surface area contributed by atoms with Gasteiger partial charge in [-0.1, -0.05) is 30.3 Å². The minimum Gasteiger partial charge on any atom is -0.362 e. The molecule has 0 radical (unpaired) electrons. The number of hydrogen-bond donors (Lipinski definition) is 1. The van der Waals surface area contributed by atoms with Crippen LogP contribution in [0.25, 0.3) is 0 Å². The molecule has 0 aliphatic carbocycles. The van der Waals surface area contributed by atoms with Crippen LogP contribution in [0.4, 0.5) is 5.69 Å². The standard InChI is InChI=1S/C18H19N3/c1-14-11-15(12-19)7-8-17(14)21-10-9-20-13-18(21)16-5-3-2-4-6-16/h2-8,11,18,20H,9-10,13H2,1H3/t18-/m0/s1. The molecule has 0 amide bonds. The predicted molar refractivity (Wildman–Crippen MR) is 85.3 cm³/mol. The van der Waals surface area contributed by atoms with Gasteiger partial charge in [0.15, 0.2) is 0 Å². The van der Waals surface area contributed by atoms with Crippen LogP contribution in [0, 0.1) is 18.3 Å². The maximum absolute atomic E-state index is 9.02. The highest BCUT2D eigenvalue weighted by molar-refractivity contribution is 5.58. The van der Waals surface area contributed by atoms with E-state index in [0.717, 1.165) is 30.8 Å². The van der Waals surface area contributed by atoms with Crippen molar-refractivity contribution >= 4 is 5.69 Å². The molecule has 0 aromatic heterocycles. The van der Waals surface area contributed by atoms with E-state index in [1.807, 2.05) is 12.1 Å². The second kappa shape index (κ2) is 5.99. The molecule has 0 unspecified atom stereocenters. The van der Waals surface area contributed by atoms with E-state index in [1.54, 1.807) is 0 Å². The second-order valence-electron chi connectivity index (χ2n) is 5.44. The first-order valence-electron chi connectivity index (χ1n) is 7.32. The monoisotopic (exact) mass is 277 g/mol. The fraction of sp³-hybridized carbons (Fsp3) is 0.278. The third-order valence-corrected chi connectivity index (χ3v) is 4.06. The van der Waals surface area contributed by atoms with Crippen LogP contribution in [0.15, 0.2) is 48.5 Å². The Balaban J connectivity index is 1.97. The fourth-order valence-corrected chi connectivity index (χ4v) is 3.01. The summed E-state index contributed by atoms with van der Waals surface area (Å²) in [6, 6.07) is 19.1. The predicted octanol–water partition coefficient (Wildman–Crippen LogP) is 3.02. The molecule has 3 nitrogen and oxygen atoms in total. The molecule has 0 spiro atoms. The van der Waals surface area contributed by atoms with Crippen LogP contribution in [-0.2, 0) is 0 Å². The molecular formula is C18H19N3. The van der Waals surface area contributed by atoms with Gasteiger partial charge in [0.05, 0.1) is 17.7 Å². The number of benzene rings is 2. The molecule has 1 aliphatic heterocycles. The van der Waals surface area contributed by atoms with Crippen LogP contribution in [0.2, 0.25) is 0 Å². The molecule has 106 valence electrons. The van der Waals surface area contributed by atoms with Crippen molar-refractivity contribution in [3.8, 4) is 6.07 Å². The Labute approximate surface area is 125 Å².